The summed E-state index contributed by atoms with van der Waals surface area (Å²) in [5, 5.41) is 12.1. The molecule has 1 fully saturated rings. The molecule has 1 rings (SSSR count). The molecule has 0 radical (unpaired) electrons. The van der Waals surface area contributed by atoms with Crippen LogP contribution in [0.1, 0.15) is 51.9 Å². The third kappa shape index (κ3) is 3.22. The zero-order chi connectivity index (χ0) is 12.0. The van der Waals surface area contributed by atoms with Gasteiger partial charge < -0.3 is 10.4 Å². The van der Waals surface area contributed by atoms with E-state index in [-0.39, 0.29) is 12.5 Å². The second kappa shape index (κ2) is 5.87. The predicted octanol–water partition coefficient (Wildman–Crippen LogP) is 1.94. The fraction of sp³-hybridized carbons (Fsp3) is 0.833. The lowest BCUT2D eigenvalue weighted by molar-refractivity contribution is -0.149. The van der Waals surface area contributed by atoms with Crippen LogP contribution in [0.4, 0.5) is 0 Å². The number of aliphatic carboxylic acids is 1. The monoisotopic (exact) mass is 227 g/mol. The molecule has 4 nitrogen and oxygen atoms in total. The normalized spacial score (nSPS) is 19.8. The summed E-state index contributed by atoms with van der Waals surface area (Å²) in [5.74, 6) is -0.823. The van der Waals surface area contributed by atoms with E-state index in [0.29, 0.717) is 19.3 Å². The van der Waals surface area contributed by atoms with Crippen LogP contribution in [0.2, 0.25) is 0 Å². The third-order valence-corrected chi connectivity index (χ3v) is 3.46. The average Bonchev–Trinajstić information content (AvgIpc) is 2.52. The van der Waals surface area contributed by atoms with E-state index in [4.69, 9.17) is 0 Å². The van der Waals surface area contributed by atoms with E-state index >= 15 is 0 Å². The van der Waals surface area contributed by atoms with Crippen LogP contribution < -0.4 is 5.32 Å². The van der Waals surface area contributed by atoms with E-state index < -0.39 is 11.4 Å². The van der Waals surface area contributed by atoms with Crippen LogP contribution >= 0.6 is 0 Å². The molecule has 0 aliphatic heterocycles. The van der Waals surface area contributed by atoms with Crippen molar-refractivity contribution in [2.45, 2.75) is 51.9 Å². The minimum absolute atomic E-state index is 0.0649. The van der Waals surface area contributed by atoms with Gasteiger partial charge in [0.25, 0.3) is 0 Å². The van der Waals surface area contributed by atoms with Crippen molar-refractivity contribution in [1.82, 2.24) is 5.32 Å². The first kappa shape index (κ1) is 13.0. The fourth-order valence-electron chi connectivity index (χ4n) is 2.26. The Morgan fingerprint density at radius 1 is 1.19 bits per heavy atom. The minimum Gasteiger partial charge on any atom is -0.481 e. The maximum atomic E-state index is 11.4. The summed E-state index contributed by atoms with van der Waals surface area (Å²) in [6.45, 7) is 2.06. The highest BCUT2D eigenvalue weighted by Gasteiger charge is 2.38. The van der Waals surface area contributed by atoms with E-state index in [1.807, 2.05) is 0 Å². The molecule has 16 heavy (non-hydrogen) atoms. The highest BCUT2D eigenvalue weighted by molar-refractivity contribution is 5.78. The number of amides is 1. The Morgan fingerprint density at radius 3 is 2.19 bits per heavy atom. The van der Waals surface area contributed by atoms with Gasteiger partial charge in [-0.1, -0.05) is 32.6 Å². The van der Waals surface area contributed by atoms with Crippen molar-refractivity contribution in [3.05, 3.63) is 0 Å². The molecule has 0 aromatic heterocycles. The first-order valence-electron chi connectivity index (χ1n) is 6.11. The SMILES string of the molecule is CCC(=O)NCC1(C(=O)O)CCCCCC1. The summed E-state index contributed by atoms with van der Waals surface area (Å²) in [4.78, 5) is 22.6. The molecule has 4 heteroatoms. The zero-order valence-corrected chi connectivity index (χ0v) is 9.92. The number of rotatable bonds is 4. The van der Waals surface area contributed by atoms with Gasteiger partial charge in [0.2, 0.25) is 5.91 Å². The van der Waals surface area contributed by atoms with Crippen LogP contribution in [0, 0.1) is 5.41 Å². The van der Waals surface area contributed by atoms with Crippen LogP contribution in [0.25, 0.3) is 0 Å². The maximum Gasteiger partial charge on any atom is 0.311 e. The van der Waals surface area contributed by atoms with Crippen LogP contribution in [0.15, 0.2) is 0 Å². The van der Waals surface area contributed by atoms with Gasteiger partial charge in [0.15, 0.2) is 0 Å². The largest absolute Gasteiger partial charge is 0.481 e. The number of hydrogen-bond donors (Lipinski definition) is 2. The molecule has 0 aromatic rings. The van der Waals surface area contributed by atoms with Gasteiger partial charge >= 0.3 is 5.97 Å². The number of nitrogens with one attached hydrogen (secondary N) is 1. The second-order valence-corrected chi connectivity index (χ2v) is 4.63. The summed E-state index contributed by atoms with van der Waals surface area (Å²) < 4.78 is 0. The topological polar surface area (TPSA) is 66.4 Å². The molecule has 0 unspecified atom stereocenters. The first-order chi connectivity index (χ1) is 7.60. The van der Waals surface area contributed by atoms with E-state index in [2.05, 4.69) is 5.32 Å². The first-order valence-corrected chi connectivity index (χ1v) is 6.11. The molecule has 0 bridgehead atoms. The Bertz CT molecular complexity index is 255. The highest BCUT2D eigenvalue weighted by Crippen LogP contribution is 2.34. The van der Waals surface area contributed by atoms with Gasteiger partial charge in [-0.3, -0.25) is 9.59 Å². The van der Waals surface area contributed by atoms with Crippen molar-refractivity contribution >= 4 is 11.9 Å². The van der Waals surface area contributed by atoms with Crippen LogP contribution in [0.5, 0.6) is 0 Å². The predicted molar refractivity (Wildman–Crippen MR) is 61.1 cm³/mol. The molecule has 1 aliphatic rings. The molecular formula is C12H21NO3. The van der Waals surface area contributed by atoms with Crippen molar-refractivity contribution in [1.29, 1.82) is 0 Å². The number of hydrogen-bond acceptors (Lipinski definition) is 2. The number of carbonyl (C=O) groups excluding carboxylic acids is 1. The molecule has 0 atom stereocenters. The van der Waals surface area contributed by atoms with Crippen molar-refractivity contribution in [2.75, 3.05) is 6.54 Å². The number of carboxylic acids is 1. The van der Waals surface area contributed by atoms with E-state index in [1.54, 1.807) is 6.92 Å². The smallest absolute Gasteiger partial charge is 0.311 e. The fourth-order valence-corrected chi connectivity index (χ4v) is 2.26. The Labute approximate surface area is 96.4 Å². The summed E-state index contributed by atoms with van der Waals surface area (Å²) in [6.07, 6.45) is 5.91. The van der Waals surface area contributed by atoms with Crippen molar-refractivity contribution < 1.29 is 14.7 Å². The van der Waals surface area contributed by atoms with E-state index in [1.165, 1.54) is 0 Å². The number of carboxylic acid groups (broad SMARTS) is 1. The van der Waals surface area contributed by atoms with Crippen molar-refractivity contribution in [3.63, 3.8) is 0 Å². The molecule has 0 saturated heterocycles. The van der Waals surface area contributed by atoms with E-state index in [9.17, 15) is 14.7 Å². The third-order valence-electron chi connectivity index (χ3n) is 3.46. The van der Waals surface area contributed by atoms with Gasteiger partial charge in [-0.05, 0) is 12.8 Å². The lowest BCUT2D eigenvalue weighted by atomic mass is 9.80. The Balaban J connectivity index is 2.63. The molecule has 0 aromatic carbocycles. The van der Waals surface area contributed by atoms with E-state index in [0.717, 1.165) is 25.7 Å². The molecule has 1 aliphatic carbocycles. The van der Waals surface area contributed by atoms with Crippen molar-refractivity contribution in [2.24, 2.45) is 5.41 Å². The van der Waals surface area contributed by atoms with Gasteiger partial charge in [0.05, 0.1) is 5.41 Å². The average molecular weight is 227 g/mol. The van der Waals surface area contributed by atoms with Crippen LogP contribution in [-0.4, -0.2) is 23.5 Å². The molecule has 2 N–H and O–H groups in total. The van der Waals surface area contributed by atoms with Gasteiger partial charge in [-0.25, -0.2) is 0 Å². The molecule has 1 saturated carbocycles. The van der Waals surface area contributed by atoms with Crippen LogP contribution in [-0.2, 0) is 9.59 Å². The lowest BCUT2D eigenvalue weighted by Crippen LogP contribution is -2.42. The summed E-state index contributed by atoms with van der Waals surface area (Å²) in [5.41, 5.74) is -0.721. The molecule has 92 valence electrons. The quantitative estimate of drug-likeness (QED) is 0.721. The minimum atomic E-state index is -0.759. The Kier molecular flexibility index (Phi) is 4.77. The highest BCUT2D eigenvalue weighted by atomic mass is 16.4. The number of carbonyl (C=O) groups is 2. The maximum absolute atomic E-state index is 11.4. The molecule has 0 heterocycles. The summed E-state index contributed by atoms with van der Waals surface area (Å²) >= 11 is 0. The summed E-state index contributed by atoms with van der Waals surface area (Å²) in [7, 11) is 0. The standard InChI is InChI=1S/C12H21NO3/c1-2-10(14)13-9-12(11(15)16)7-5-3-4-6-8-12/h2-9H2,1H3,(H,13,14)(H,15,16). The molecule has 1 amide bonds. The Morgan fingerprint density at radius 2 is 1.75 bits per heavy atom. The van der Waals surface area contributed by atoms with Gasteiger partial charge in [0.1, 0.15) is 0 Å². The molecule has 0 spiro atoms. The van der Waals surface area contributed by atoms with Crippen molar-refractivity contribution in [3.8, 4) is 0 Å². The second-order valence-electron chi connectivity index (χ2n) is 4.63. The van der Waals surface area contributed by atoms with Crippen LogP contribution in [0.3, 0.4) is 0 Å². The van der Waals surface area contributed by atoms with Gasteiger partial charge in [-0.15, -0.1) is 0 Å². The van der Waals surface area contributed by atoms with Gasteiger partial charge in [-0.2, -0.15) is 0 Å². The summed E-state index contributed by atoms with van der Waals surface area (Å²) in [6, 6.07) is 0. The lowest BCUT2D eigenvalue weighted by Gasteiger charge is -2.28. The zero-order valence-electron chi connectivity index (χ0n) is 9.92. The molecular weight excluding hydrogens is 206 g/mol. The van der Waals surface area contributed by atoms with Gasteiger partial charge in [0, 0.05) is 13.0 Å². The Hall–Kier alpha value is -1.06.